The van der Waals surface area contributed by atoms with E-state index in [1.165, 1.54) is 0 Å². The minimum absolute atomic E-state index is 0. The molecular formula is C19H27ClN4O. The van der Waals surface area contributed by atoms with Crippen molar-refractivity contribution in [2.75, 3.05) is 26.7 Å². The van der Waals surface area contributed by atoms with Crippen molar-refractivity contribution in [2.24, 2.45) is 5.92 Å². The fourth-order valence-electron chi connectivity index (χ4n) is 3.42. The van der Waals surface area contributed by atoms with Crippen LogP contribution in [0.5, 0.6) is 0 Å². The number of rotatable bonds is 5. The number of aryl methyl sites for hydroxylation is 2. The number of benzene rings is 1. The third kappa shape index (κ3) is 4.61. The maximum absolute atomic E-state index is 12.6. The number of hydrogen-bond donors (Lipinski definition) is 1. The fourth-order valence-corrected chi connectivity index (χ4v) is 3.42. The molecule has 1 amide bonds. The molecule has 5 nitrogen and oxygen atoms in total. The van der Waals surface area contributed by atoms with Gasteiger partial charge in [0.2, 0.25) is 0 Å². The van der Waals surface area contributed by atoms with Gasteiger partial charge in [-0.2, -0.15) is 5.10 Å². The van der Waals surface area contributed by atoms with Crippen molar-refractivity contribution in [3.05, 3.63) is 52.8 Å². The zero-order chi connectivity index (χ0) is 17.1. The number of carbonyl (C=O) groups is 1. The minimum Gasteiger partial charge on any atom is -0.338 e. The van der Waals surface area contributed by atoms with Crippen molar-refractivity contribution in [2.45, 2.75) is 26.8 Å². The summed E-state index contributed by atoms with van der Waals surface area (Å²) in [6, 6.07) is 10.0. The first-order chi connectivity index (χ1) is 11.6. The Morgan fingerprint density at radius 3 is 2.60 bits per heavy atom. The van der Waals surface area contributed by atoms with Crippen LogP contribution in [-0.2, 0) is 6.54 Å². The highest BCUT2D eigenvalue weighted by atomic mass is 35.5. The smallest absolute Gasteiger partial charge is 0.253 e. The summed E-state index contributed by atoms with van der Waals surface area (Å²) in [4.78, 5) is 14.6. The lowest BCUT2D eigenvalue weighted by Gasteiger charge is -2.17. The number of carbonyl (C=O) groups excluding carboxylic acids is 1. The Balaban J connectivity index is 0.00000225. The van der Waals surface area contributed by atoms with Gasteiger partial charge in [-0.1, -0.05) is 12.1 Å². The molecule has 2 aromatic rings. The maximum Gasteiger partial charge on any atom is 0.253 e. The summed E-state index contributed by atoms with van der Waals surface area (Å²) in [6.45, 7) is 7.49. The molecular weight excluding hydrogens is 336 g/mol. The number of aromatic nitrogens is 2. The van der Waals surface area contributed by atoms with Crippen molar-refractivity contribution >= 4 is 18.3 Å². The molecule has 136 valence electrons. The van der Waals surface area contributed by atoms with Crippen molar-refractivity contribution in [3.63, 3.8) is 0 Å². The van der Waals surface area contributed by atoms with E-state index in [0.717, 1.165) is 55.1 Å². The number of nitrogens with one attached hydrogen (secondary N) is 1. The zero-order valence-corrected chi connectivity index (χ0v) is 16.0. The van der Waals surface area contributed by atoms with Crippen LogP contribution in [0.3, 0.4) is 0 Å². The largest absolute Gasteiger partial charge is 0.338 e. The fraction of sp³-hybridized carbons (Fsp3) is 0.474. The molecule has 1 aliphatic heterocycles. The number of likely N-dealkylation sites (tertiary alicyclic amines) is 1. The van der Waals surface area contributed by atoms with Gasteiger partial charge >= 0.3 is 0 Å². The minimum atomic E-state index is 0. The summed E-state index contributed by atoms with van der Waals surface area (Å²) >= 11 is 0. The molecule has 0 spiro atoms. The van der Waals surface area contributed by atoms with Crippen LogP contribution < -0.4 is 5.32 Å². The Morgan fingerprint density at radius 1 is 1.28 bits per heavy atom. The van der Waals surface area contributed by atoms with Crippen LogP contribution in [0.25, 0.3) is 0 Å². The SMILES string of the molecule is CNCC1CCN(C(=O)c2ccc(Cn3nc(C)cc3C)cc2)C1.Cl. The molecule has 1 atom stereocenters. The maximum atomic E-state index is 12.6. The lowest BCUT2D eigenvalue weighted by molar-refractivity contribution is 0.0787. The average Bonchev–Trinajstić information content (AvgIpc) is 3.15. The predicted octanol–water partition coefficient (Wildman–Crippen LogP) is 2.65. The summed E-state index contributed by atoms with van der Waals surface area (Å²) < 4.78 is 2.00. The van der Waals surface area contributed by atoms with E-state index >= 15 is 0 Å². The highest BCUT2D eigenvalue weighted by Crippen LogP contribution is 2.18. The molecule has 25 heavy (non-hydrogen) atoms. The van der Waals surface area contributed by atoms with Crippen LogP contribution >= 0.6 is 12.4 Å². The molecule has 1 unspecified atom stereocenters. The standard InChI is InChI=1S/C19H26N4O.ClH/c1-14-10-15(2)23(21-14)13-16-4-6-18(7-5-16)19(24)22-9-8-17(12-22)11-20-3;/h4-7,10,17,20H,8-9,11-13H2,1-3H3;1H. The van der Waals surface area contributed by atoms with E-state index in [1.807, 2.05) is 47.8 Å². The number of amides is 1. The Morgan fingerprint density at radius 2 is 2.00 bits per heavy atom. The summed E-state index contributed by atoms with van der Waals surface area (Å²) in [6.07, 6.45) is 1.09. The first kappa shape index (κ1) is 19.5. The molecule has 1 N–H and O–H groups in total. The molecule has 1 fully saturated rings. The van der Waals surface area contributed by atoms with E-state index in [9.17, 15) is 4.79 Å². The van der Waals surface area contributed by atoms with Gasteiger partial charge in [-0.3, -0.25) is 9.48 Å². The molecule has 0 bridgehead atoms. The normalized spacial score (nSPS) is 16.8. The van der Waals surface area contributed by atoms with Crippen LogP contribution in [0.4, 0.5) is 0 Å². The second-order valence-corrected chi connectivity index (χ2v) is 6.75. The molecule has 0 radical (unpaired) electrons. The van der Waals surface area contributed by atoms with Crippen molar-refractivity contribution in [1.82, 2.24) is 20.0 Å². The van der Waals surface area contributed by atoms with Crippen molar-refractivity contribution in [3.8, 4) is 0 Å². The third-order valence-corrected chi connectivity index (χ3v) is 4.70. The van der Waals surface area contributed by atoms with Crippen LogP contribution in [0, 0.1) is 19.8 Å². The van der Waals surface area contributed by atoms with Gasteiger partial charge in [-0.15, -0.1) is 12.4 Å². The summed E-state index contributed by atoms with van der Waals surface area (Å²) in [5.41, 5.74) is 4.12. The van der Waals surface area contributed by atoms with Gasteiger partial charge in [0.05, 0.1) is 12.2 Å². The predicted molar refractivity (Wildman–Crippen MR) is 102 cm³/mol. The summed E-state index contributed by atoms with van der Waals surface area (Å²) in [5, 5.41) is 7.69. The molecule has 1 aliphatic rings. The number of hydrogen-bond acceptors (Lipinski definition) is 3. The van der Waals surface area contributed by atoms with Gasteiger partial charge in [0.25, 0.3) is 5.91 Å². The molecule has 2 heterocycles. The molecule has 0 saturated carbocycles. The van der Waals surface area contributed by atoms with Crippen molar-refractivity contribution in [1.29, 1.82) is 0 Å². The van der Waals surface area contributed by atoms with Crippen LogP contribution in [0.15, 0.2) is 30.3 Å². The van der Waals surface area contributed by atoms with Crippen LogP contribution in [-0.4, -0.2) is 47.3 Å². The molecule has 3 rings (SSSR count). The molecule has 6 heteroatoms. The summed E-state index contributed by atoms with van der Waals surface area (Å²) in [7, 11) is 1.96. The Hall–Kier alpha value is -1.85. The molecule has 1 aromatic carbocycles. The molecule has 0 aliphatic carbocycles. The van der Waals surface area contributed by atoms with E-state index in [0.29, 0.717) is 5.92 Å². The lowest BCUT2D eigenvalue weighted by atomic mass is 10.1. The second-order valence-electron chi connectivity index (χ2n) is 6.75. The molecule has 1 aromatic heterocycles. The zero-order valence-electron chi connectivity index (χ0n) is 15.2. The van der Waals surface area contributed by atoms with Gasteiger partial charge in [0.1, 0.15) is 0 Å². The Labute approximate surface area is 155 Å². The highest BCUT2D eigenvalue weighted by Gasteiger charge is 2.26. The number of halogens is 1. The first-order valence-electron chi connectivity index (χ1n) is 8.60. The quantitative estimate of drug-likeness (QED) is 0.889. The molecule has 1 saturated heterocycles. The lowest BCUT2D eigenvalue weighted by Crippen LogP contribution is -2.30. The van der Waals surface area contributed by atoms with Crippen molar-refractivity contribution < 1.29 is 4.79 Å². The second kappa shape index (κ2) is 8.50. The van der Waals surface area contributed by atoms with Gasteiger partial charge in [-0.25, -0.2) is 0 Å². The number of nitrogens with zero attached hydrogens (tertiary/aromatic N) is 3. The van der Waals surface area contributed by atoms with E-state index in [1.54, 1.807) is 0 Å². The van der Waals surface area contributed by atoms with Gasteiger partial charge in [0, 0.05) is 24.3 Å². The monoisotopic (exact) mass is 362 g/mol. The van der Waals surface area contributed by atoms with Crippen LogP contribution in [0.1, 0.15) is 33.7 Å². The van der Waals surface area contributed by atoms with E-state index in [-0.39, 0.29) is 18.3 Å². The van der Waals surface area contributed by atoms with E-state index < -0.39 is 0 Å². The van der Waals surface area contributed by atoms with Gasteiger partial charge in [-0.05, 0) is 63.5 Å². The third-order valence-electron chi connectivity index (χ3n) is 4.70. The van der Waals surface area contributed by atoms with Gasteiger partial charge < -0.3 is 10.2 Å². The Kier molecular flexibility index (Phi) is 6.62. The van der Waals surface area contributed by atoms with E-state index in [4.69, 9.17) is 0 Å². The topological polar surface area (TPSA) is 50.2 Å². The Bertz CT molecular complexity index is 711. The average molecular weight is 363 g/mol. The van der Waals surface area contributed by atoms with Gasteiger partial charge in [0.15, 0.2) is 0 Å². The summed E-state index contributed by atoms with van der Waals surface area (Å²) in [5.74, 6) is 0.718. The van der Waals surface area contributed by atoms with Crippen LogP contribution in [0.2, 0.25) is 0 Å². The van der Waals surface area contributed by atoms with E-state index in [2.05, 4.69) is 23.4 Å². The first-order valence-corrected chi connectivity index (χ1v) is 8.60. The highest BCUT2D eigenvalue weighted by molar-refractivity contribution is 5.94.